The smallest absolute Gasteiger partial charge is 0.422 e. The largest absolute Gasteiger partial charge is 0.482 e. The van der Waals surface area contributed by atoms with Crippen molar-refractivity contribution in [3.8, 4) is 5.75 Å². The second-order valence-corrected chi connectivity index (χ2v) is 5.51. The second-order valence-electron chi connectivity index (χ2n) is 5.07. The summed E-state index contributed by atoms with van der Waals surface area (Å²) in [4.78, 5) is 11.8. The van der Waals surface area contributed by atoms with Gasteiger partial charge in [0, 0.05) is 11.1 Å². The Morgan fingerprint density at radius 2 is 1.81 bits per heavy atom. The van der Waals surface area contributed by atoms with Gasteiger partial charge in [0.1, 0.15) is 17.4 Å². The molecule has 2 aromatic rings. The van der Waals surface area contributed by atoms with Crippen LogP contribution in [0.15, 0.2) is 36.4 Å². The lowest BCUT2D eigenvalue weighted by Gasteiger charge is -2.14. The van der Waals surface area contributed by atoms with Crippen LogP contribution in [0.25, 0.3) is 0 Å². The number of halogens is 6. The van der Waals surface area contributed by atoms with Crippen molar-refractivity contribution in [1.82, 2.24) is 0 Å². The number of ether oxygens (including phenoxy) is 1. The maximum absolute atomic E-state index is 13.6. The minimum absolute atomic E-state index is 0.131. The van der Waals surface area contributed by atoms with E-state index in [1.54, 1.807) is 0 Å². The summed E-state index contributed by atoms with van der Waals surface area (Å²) in [6.45, 7) is -2.04. The van der Waals surface area contributed by atoms with Gasteiger partial charge in [0.15, 0.2) is 6.61 Å². The molecule has 4 nitrogen and oxygen atoms in total. The second kappa shape index (κ2) is 8.22. The number of anilines is 2. The van der Waals surface area contributed by atoms with Crippen molar-refractivity contribution in [2.75, 3.05) is 23.8 Å². The van der Waals surface area contributed by atoms with Gasteiger partial charge in [-0.3, -0.25) is 4.79 Å². The van der Waals surface area contributed by atoms with Crippen LogP contribution < -0.4 is 15.4 Å². The molecule has 0 saturated heterocycles. The molecule has 0 saturated carbocycles. The van der Waals surface area contributed by atoms with Gasteiger partial charge in [0.2, 0.25) is 5.91 Å². The number of amides is 1. The first kappa shape index (κ1) is 19.8. The molecule has 0 aliphatic heterocycles. The van der Waals surface area contributed by atoms with Crippen LogP contribution in [0.4, 0.5) is 33.3 Å². The Kier molecular flexibility index (Phi) is 6.25. The van der Waals surface area contributed by atoms with E-state index in [9.17, 15) is 26.7 Å². The summed E-state index contributed by atoms with van der Waals surface area (Å²) in [7, 11) is 0. The van der Waals surface area contributed by atoms with Crippen molar-refractivity contribution in [1.29, 1.82) is 0 Å². The highest BCUT2D eigenvalue weighted by atomic mass is 35.5. The highest BCUT2D eigenvalue weighted by molar-refractivity contribution is 6.30. The van der Waals surface area contributed by atoms with Gasteiger partial charge in [-0.25, -0.2) is 8.78 Å². The van der Waals surface area contributed by atoms with E-state index in [0.29, 0.717) is 0 Å². The number of hydrogen-bond acceptors (Lipinski definition) is 3. The van der Waals surface area contributed by atoms with Crippen LogP contribution in [0, 0.1) is 11.6 Å². The molecule has 0 fully saturated rings. The summed E-state index contributed by atoms with van der Waals surface area (Å²) >= 11 is 5.59. The van der Waals surface area contributed by atoms with Crippen LogP contribution in [-0.4, -0.2) is 25.2 Å². The van der Waals surface area contributed by atoms with Gasteiger partial charge in [-0.2, -0.15) is 13.2 Å². The number of nitrogens with one attached hydrogen (secondary N) is 2. The van der Waals surface area contributed by atoms with E-state index in [4.69, 9.17) is 11.6 Å². The SMILES string of the molecule is O=C(CNc1cc(F)ccc1OCC(F)(F)F)Nc1ccc(Cl)cc1F. The Balaban J connectivity index is 2.01. The lowest BCUT2D eigenvalue weighted by atomic mass is 10.2. The number of rotatable bonds is 6. The third-order valence-electron chi connectivity index (χ3n) is 2.98. The molecular formula is C16H12ClF5N2O2. The summed E-state index contributed by atoms with van der Waals surface area (Å²) in [5.41, 5.74) is -0.282. The number of carbonyl (C=O) groups is 1. The van der Waals surface area contributed by atoms with Crippen molar-refractivity contribution in [3.63, 3.8) is 0 Å². The maximum atomic E-state index is 13.6. The van der Waals surface area contributed by atoms with E-state index >= 15 is 0 Å². The molecule has 2 N–H and O–H groups in total. The van der Waals surface area contributed by atoms with E-state index in [2.05, 4.69) is 15.4 Å². The van der Waals surface area contributed by atoms with Gasteiger partial charge in [0.25, 0.3) is 0 Å². The quantitative estimate of drug-likeness (QED) is 0.703. The van der Waals surface area contributed by atoms with Crippen LogP contribution in [-0.2, 0) is 4.79 Å². The highest BCUT2D eigenvalue weighted by Gasteiger charge is 2.29. The topological polar surface area (TPSA) is 50.4 Å². The summed E-state index contributed by atoms with van der Waals surface area (Å²) in [6, 6.07) is 6.40. The van der Waals surface area contributed by atoms with E-state index < -0.39 is 36.9 Å². The zero-order valence-corrected chi connectivity index (χ0v) is 13.7. The van der Waals surface area contributed by atoms with Gasteiger partial charge in [0.05, 0.1) is 17.9 Å². The summed E-state index contributed by atoms with van der Waals surface area (Å²) in [5, 5.41) is 4.84. The molecular weight excluding hydrogens is 383 g/mol. The highest BCUT2D eigenvalue weighted by Crippen LogP contribution is 2.27. The molecule has 0 aromatic heterocycles. The third-order valence-corrected chi connectivity index (χ3v) is 3.21. The summed E-state index contributed by atoms with van der Waals surface area (Å²) in [5.74, 6) is -2.49. The number of hydrogen-bond donors (Lipinski definition) is 2. The summed E-state index contributed by atoms with van der Waals surface area (Å²) < 4.78 is 68.2. The van der Waals surface area contributed by atoms with Crippen molar-refractivity contribution >= 4 is 28.9 Å². The van der Waals surface area contributed by atoms with Crippen molar-refractivity contribution in [2.24, 2.45) is 0 Å². The van der Waals surface area contributed by atoms with Crippen LogP contribution in [0.1, 0.15) is 0 Å². The fourth-order valence-electron chi connectivity index (χ4n) is 1.89. The molecule has 0 aliphatic carbocycles. The van der Waals surface area contributed by atoms with E-state index in [-0.39, 0.29) is 22.1 Å². The summed E-state index contributed by atoms with van der Waals surface area (Å²) in [6.07, 6.45) is -4.57. The van der Waals surface area contributed by atoms with E-state index in [1.807, 2.05) is 0 Å². The van der Waals surface area contributed by atoms with E-state index in [1.165, 1.54) is 12.1 Å². The first-order valence-corrected chi connectivity index (χ1v) is 7.50. The maximum Gasteiger partial charge on any atom is 0.422 e. The molecule has 0 aliphatic rings. The molecule has 0 atom stereocenters. The molecule has 2 rings (SSSR count). The van der Waals surface area contributed by atoms with Crippen LogP contribution in [0.5, 0.6) is 5.75 Å². The minimum atomic E-state index is -4.57. The molecule has 10 heteroatoms. The predicted octanol–water partition coefficient (Wildman–Crippen LogP) is 4.61. The molecule has 140 valence electrons. The number of benzene rings is 2. The Morgan fingerprint density at radius 1 is 1.08 bits per heavy atom. The number of carbonyl (C=O) groups excluding carboxylic acids is 1. The number of alkyl halides is 3. The normalized spacial score (nSPS) is 11.2. The zero-order chi connectivity index (χ0) is 19.3. The molecule has 2 aromatic carbocycles. The fourth-order valence-corrected chi connectivity index (χ4v) is 2.05. The van der Waals surface area contributed by atoms with Crippen molar-refractivity contribution in [3.05, 3.63) is 53.1 Å². The average molecular weight is 395 g/mol. The first-order valence-electron chi connectivity index (χ1n) is 7.12. The lowest BCUT2D eigenvalue weighted by molar-refractivity contribution is -0.153. The molecule has 26 heavy (non-hydrogen) atoms. The van der Waals surface area contributed by atoms with Gasteiger partial charge in [-0.1, -0.05) is 11.6 Å². The van der Waals surface area contributed by atoms with Crippen molar-refractivity contribution < 1.29 is 31.5 Å². The standard InChI is InChI=1S/C16H12ClF5N2O2/c17-9-1-3-12(11(19)5-9)24-15(25)7-23-13-6-10(18)2-4-14(13)26-8-16(20,21)22/h1-6,23H,7-8H2,(H,24,25). The third kappa shape index (κ3) is 6.07. The monoisotopic (exact) mass is 394 g/mol. The minimum Gasteiger partial charge on any atom is -0.482 e. The Bertz CT molecular complexity index is 799. The van der Waals surface area contributed by atoms with Crippen LogP contribution >= 0.6 is 11.6 Å². The predicted molar refractivity (Wildman–Crippen MR) is 86.5 cm³/mol. The molecule has 0 bridgehead atoms. The van der Waals surface area contributed by atoms with Gasteiger partial charge < -0.3 is 15.4 Å². The fraction of sp³-hybridized carbons (Fsp3) is 0.188. The Hall–Kier alpha value is -2.55. The average Bonchev–Trinajstić information content (AvgIpc) is 2.54. The van der Waals surface area contributed by atoms with Crippen molar-refractivity contribution in [2.45, 2.75) is 6.18 Å². The van der Waals surface area contributed by atoms with Crippen LogP contribution in [0.2, 0.25) is 5.02 Å². The molecule has 1 amide bonds. The van der Waals surface area contributed by atoms with E-state index in [0.717, 1.165) is 24.3 Å². The van der Waals surface area contributed by atoms with Gasteiger partial charge in [-0.05, 0) is 30.3 Å². The first-order chi connectivity index (χ1) is 12.1. The Morgan fingerprint density at radius 3 is 2.46 bits per heavy atom. The van der Waals surface area contributed by atoms with Crippen LogP contribution in [0.3, 0.4) is 0 Å². The molecule has 0 unspecified atom stereocenters. The zero-order valence-electron chi connectivity index (χ0n) is 13.0. The van der Waals surface area contributed by atoms with Gasteiger partial charge in [-0.15, -0.1) is 0 Å². The molecule has 0 spiro atoms. The Labute approximate surface area is 149 Å². The lowest BCUT2D eigenvalue weighted by Crippen LogP contribution is -2.23. The van der Waals surface area contributed by atoms with Gasteiger partial charge >= 0.3 is 6.18 Å². The molecule has 0 radical (unpaired) electrons. The molecule has 0 heterocycles.